The van der Waals surface area contributed by atoms with Crippen LogP contribution in [0.25, 0.3) is 0 Å². The number of nitrogens with zero attached hydrogens (tertiary/aromatic N) is 1. The Hall–Kier alpha value is -1.72. The van der Waals surface area contributed by atoms with Gasteiger partial charge in [0.25, 0.3) is 0 Å². The maximum atomic E-state index is 13.5. The molecule has 0 aliphatic rings. The van der Waals surface area contributed by atoms with Crippen LogP contribution in [0.5, 0.6) is 5.75 Å². The van der Waals surface area contributed by atoms with E-state index in [-0.39, 0.29) is 16.6 Å². The van der Waals surface area contributed by atoms with Gasteiger partial charge in [0.1, 0.15) is 11.9 Å². The number of hydrogen-bond acceptors (Lipinski definition) is 4. The number of benzene rings is 1. The summed E-state index contributed by atoms with van der Waals surface area (Å²) in [6.07, 6.45) is 0.797. The molecule has 0 saturated heterocycles. The molecule has 106 valence electrons. The quantitative estimate of drug-likeness (QED) is 0.844. The molecule has 20 heavy (non-hydrogen) atoms. The molecule has 0 aliphatic heterocycles. The molecule has 0 radical (unpaired) electrons. The fraction of sp³-hybridized carbons (Fsp3) is 0.154. The maximum absolute atomic E-state index is 13.5. The van der Waals surface area contributed by atoms with Crippen molar-refractivity contribution in [1.82, 2.24) is 4.98 Å². The summed E-state index contributed by atoms with van der Waals surface area (Å²) in [4.78, 5) is 3.88. The third kappa shape index (κ3) is 2.89. The zero-order valence-corrected chi connectivity index (χ0v) is 12.0. The molecular weight excluding hydrogens is 304 g/mol. The first-order valence-electron chi connectivity index (χ1n) is 5.71. The minimum Gasteiger partial charge on any atom is -0.482 e. The van der Waals surface area contributed by atoms with E-state index in [4.69, 9.17) is 39.4 Å². The molecule has 1 heterocycles. The van der Waals surface area contributed by atoms with Crippen molar-refractivity contribution in [2.45, 2.75) is 13.0 Å². The SMILES string of the molecule is CC(Oc1cc(N)cnc1N)c1c(Cl)ccc(F)c1Cl. The molecule has 4 nitrogen and oxygen atoms in total. The smallest absolute Gasteiger partial charge is 0.166 e. The molecule has 0 aliphatic carbocycles. The number of hydrogen-bond donors (Lipinski definition) is 2. The van der Waals surface area contributed by atoms with Crippen molar-refractivity contribution in [1.29, 1.82) is 0 Å². The highest BCUT2D eigenvalue weighted by atomic mass is 35.5. The molecule has 2 rings (SSSR count). The van der Waals surface area contributed by atoms with Gasteiger partial charge >= 0.3 is 0 Å². The zero-order valence-electron chi connectivity index (χ0n) is 10.5. The molecule has 4 N–H and O–H groups in total. The standard InChI is InChI=1S/C13H12Cl2FN3O/c1-6(11-8(14)2-3-9(16)12(11)15)20-10-4-7(17)5-19-13(10)18/h2-6H,17H2,1H3,(H2,18,19). The summed E-state index contributed by atoms with van der Waals surface area (Å²) in [7, 11) is 0. The third-order valence-corrected chi connectivity index (χ3v) is 3.41. The van der Waals surface area contributed by atoms with E-state index in [1.165, 1.54) is 24.4 Å². The van der Waals surface area contributed by atoms with Gasteiger partial charge in [0.05, 0.1) is 16.9 Å². The topological polar surface area (TPSA) is 74.2 Å². The summed E-state index contributed by atoms with van der Waals surface area (Å²) in [6, 6.07) is 4.14. The van der Waals surface area contributed by atoms with Gasteiger partial charge in [-0.1, -0.05) is 23.2 Å². The van der Waals surface area contributed by atoms with Crippen LogP contribution in [-0.2, 0) is 0 Å². The van der Waals surface area contributed by atoms with Gasteiger partial charge in [0, 0.05) is 16.7 Å². The van der Waals surface area contributed by atoms with E-state index in [1.807, 2.05) is 0 Å². The number of anilines is 2. The fourth-order valence-corrected chi connectivity index (χ4v) is 2.41. The first-order valence-corrected chi connectivity index (χ1v) is 6.46. The molecule has 1 atom stereocenters. The van der Waals surface area contributed by atoms with E-state index >= 15 is 0 Å². The van der Waals surface area contributed by atoms with Crippen molar-refractivity contribution < 1.29 is 9.13 Å². The van der Waals surface area contributed by atoms with Gasteiger partial charge in [0.15, 0.2) is 11.6 Å². The minimum absolute atomic E-state index is 0.0829. The first kappa shape index (κ1) is 14.7. The van der Waals surface area contributed by atoms with Crippen LogP contribution in [0.15, 0.2) is 24.4 Å². The van der Waals surface area contributed by atoms with Crippen molar-refractivity contribution >= 4 is 34.7 Å². The number of halogens is 3. The second-order valence-corrected chi connectivity index (χ2v) is 4.95. The lowest BCUT2D eigenvalue weighted by Crippen LogP contribution is -2.08. The number of aromatic nitrogens is 1. The molecule has 7 heteroatoms. The van der Waals surface area contributed by atoms with E-state index in [0.29, 0.717) is 16.3 Å². The van der Waals surface area contributed by atoms with Crippen LogP contribution in [0.3, 0.4) is 0 Å². The van der Waals surface area contributed by atoms with Crippen molar-refractivity contribution in [3.63, 3.8) is 0 Å². The van der Waals surface area contributed by atoms with Crippen LogP contribution in [0, 0.1) is 5.82 Å². The van der Waals surface area contributed by atoms with Crippen LogP contribution in [0.2, 0.25) is 10.0 Å². The molecule has 0 saturated carbocycles. The Morgan fingerprint density at radius 1 is 1.30 bits per heavy atom. The van der Waals surface area contributed by atoms with E-state index < -0.39 is 11.9 Å². The number of ether oxygens (including phenoxy) is 1. The first-order chi connectivity index (χ1) is 9.40. The predicted octanol–water partition coefficient (Wildman–Crippen LogP) is 3.83. The van der Waals surface area contributed by atoms with E-state index in [9.17, 15) is 4.39 Å². The molecule has 1 unspecified atom stereocenters. The summed E-state index contributed by atoms with van der Waals surface area (Å²) >= 11 is 12.0. The summed E-state index contributed by atoms with van der Waals surface area (Å²) in [5, 5.41) is 0.222. The molecule has 1 aromatic heterocycles. The Morgan fingerprint density at radius 2 is 2.00 bits per heavy atom. The monoisotopic (exact) mass is 315 g/mol. The fourth-order valence-electron chi connectivity index (χ4n) is 1.73. The molecule has 0 amide bonds. The lowest BCUT2D eigenvalue weighted by Gasteiger charge is -2.18. The van der Waals surface area contributed by atoms with Crippen LogP contribution in [0.1, 0.15) is 18.6 Å². The van der Waals surface area contributed by atoms with Crippen LogP contribution in [-0.4, -0.2) is 4.98 Å². The summed E-state index contributed by atoms with van der Waals surface area (Å²) in [6.45, 7) is 1.68. The normalized spacial score (nSPS) is 12.2. The molecular formula is C13H12Cl2FN3O. The predicted molar refractivity (Wildman–Crippen MR) is 78.5 cm³/mol. The van der Waals surface area contributed by atoms with Crippen LogP contribution < -0.4 is 16.2 Å². The van der Waals surface area contributed by atoms with Gasteiger partial charge in [-0.15, -0.1) is 0 Å². The van der Waals surface area contributed by atoms with Crippen molar-refractivity contribution in [3.8, 4) is 5.75 Å². The minimum atomic E-state index is -0.614. The molecule has 0 fully saturated rings. The number of rotatable bonds is 3. The van der Waals surface area contributed by atoms with Gasteiger partial charge in [-0.25, -0.2) is 9.37 Å². The maximum Gasteiger partial charge on any atom is 0.166 e. The van der Waals surface area contributed by atoms with Crippen LogP contribution in [0.4, 0.5) is 15.9 Å². The van der Waals surface area contributed by atoms with E-state index in [1.54, 1.807) is 6.92 Å². The Labute approximate surface area is 125 Å². The summed E-state index contributed by atoms with van der Waals surface area (Å²) in [5.41, 5.74) is 12.0. The second kappa shape index (κ2) is 5.73. The highest BCUT2D eigenvalue weighted by molar-refractivity contribution is 6.36. The molecule has 0 spiro atoms. The van der Waals surface area contributed by atoms with Crippen molar-refractivity contribution in [2.75, 3.05) is 11.5 Å². The van der Waals surface area contributed by atoms with E-state index in [2.05, 4.69) is 4.98 Å². The van der Waals surface area contributed by atoms with Crippen molar-refractivity contribution in [3.05, 3.63) is 45.8 Å². The molecule has 0 bridgehead atoms. The third-order valence-electron chi connectivity index (χ3n) is 2.69. The summed E-state index contributed by atoms with van der Waals surface area (Å²) < 4.78 is 19.1. The second-order valence-electron chi connectivity index (χ2n) is 4.17. The molecule has 2 aromatic rings. The molecule has 1 aromatic carbocycles. The highest BCUT2D eigenvalue weighted by Crippen LogP contribution is 2.36. The summed E-state index contributed by atoms with van der Waals surface area (Å²) in [5.74, 6) is -0.108. The Kier molecular flexibility index (Phi) is 4.20. The lowest BCUT2D eigenvalue weighted by molar-refractivity contribution is 0.227. The van der Waals surface area contributed by atoms with Gasteiger partial charge in [0.2, 0.25) is 0 Å². The van der Waals surface area contributed by atoms with Crippen molar-refractivity contribution in [2.24, 2.45) is 0 Å². The largest absolute Gasteiger partial charge is 0.482 e. The van der Waals surface area contributed by atoms with Gasteiger partial charge in [-0.05, 0) is 19.1 Å². The average molecular weight is 316 g/mol. The van der Waals surface area contributed by atoms with Crippen LogP contribution >= 0.6 is 23.2 Å². The van der Waals surface area contributed by atoms with E-state index in [0.717, 1.165) is 0 Å². The zero-order chi connectivity index (χ0) is 14.9. The number of nitrogen functional groups attached to an aromatic ring is 2. The Bertz CT molecular complexity index is 652. The van der Waals surface area contributed by atoms with Gasteiger partial charge < -0.3 is 16.2 Å². The van der Waals surface area contributed by atoms with Gasteiger partial charge in [-0.2, -0.15) is 0 Å². The Morgan fingerprint density at radius 3 is 2.70 bits per heavy atom. The van der Waals surface area contributed by atoms with Gasteiger partial charge in [-0.3, -0.25) is 0 Å². The lowest BCUT2D eigenvalue weighted by atomic mass is 10.1. The number of nitrogens with two attached hydrogens (primary N) is 2. The highest BCUT2D eigenvalue weighted by Gasteiger charge is 2.19. The average Bonchev–Trinajstić information content (AvgIpc) is 2.39. The Balaban J connectivity index is 2.35. The number of pyridine rings is 1.